The second-order valence-electron chi connectivity index (χ2n) is 6.10. The van der Waals surface area contributed by atoms with Crippen molar-refractivity contribution in [3.63, 3.8) is 0 Å². The SMILES string of the molecule is Cn1nc(-c2ccncc2)cc1NC(=O)[C@H](Cc1ccc(F)cc1)NC(=O)O. The molecule has 3 aromatic rings. The summed E-state index contributed by atoms with van der Waals surface area (Å²) in [6, 6.07) is 9.73. The van der Waals surface area contributed by atoms with E-state index in [0.717, 1.165) is 5.56 Å². The van der Waals surface area contributed by atoms with Crippen molar-refractivity contribution in [2.24, 2.45) is 7.05 Å². The van der Waals surface area contributed by atoms with Gasteiger partial charge < -0.3 is 15.7 Å². The van der Waals surface area contributed by atoms with Crippen molar-refractivity contribution in [3.05, 3.63) is 66.2 Å². The highest BCUT2D eigenvalue weighted by Gasteiger charge is 2.22. The molecule has 9 heteroatoms. The number of hydrogen-bond acceptors (Lipinski definition) is 4. The number of aromatic nitrogens is 3. The number of amides is 2. The van der Waals surface area contributed by atoms with Gasteiger partial charge in [-0.3, -0.25) is 14.5 Å². The van der Waals surface area contributed by atoms with Crippen LogP contribution in [0.2, 0.25) is 0 Å². The lowest BCUT2D eigenvalue weighted by Crippen LogP contribution is -2.44. The Morgan fingerprint density at radius 2 is 1.86 bits per heavy atom. The topological polar surface area (TPSA) is 109 Å². The maximum Gasteiger partial charge on any atom is 0.405 e. The lowest BCUT2D eigenvalue weighted by molar-refractivity contribution is -0.118. The van der Waals surface area contributed by atoms with Gasteiger partial charge in [-0.05, 0) is 29.8 Å². The molecule has 2 aromatic heterocycles. The minimum Gasteiger partial charge on any atom is -0.465 e. The van der Waals surface area contributed by atoms with Crippen molar-refractivity contribution in [2.45, 2.75) is 12.5 Å². The third-order valence-electron chi connectivity index (χ3n) is 4.07. The summed E-state index contributed by atoms with van der Waals surface area (Å²) in [6.07, 6.45) is 2.02. The number of nitrogens with zero attached hydrogens (tertiary/aromatic N) is 3. The molecule has 2 amide bonds. The van der Waals surface area contributed by atoms with Crippen molar-refractivity contribution in [1.29, 1.82) is 0 Å². The zero-order chi connectivity index (χ0) is 20.1. The molecule has 0 unspecified atom stereocenters. The molecule has 0 bridgehead atoms. The van der Waals surface area contributed by atoms with Crippen LogP contribution in [0.25, 0.3) is 11.3 Å². The smallest absolute Gasteiger partial charge is 0.405 e. The van der Waals surface area contributed by atoms with Crippen LogP contribution in [-0.4, -0.2) is 37.9 Å². The van der Waals surface area contributed by atoms with Gasteiger partial charge in [0.2, 0.25) is 5.91 Å². The van der Waals surface area contributed by atoms with Crippen LogP contribution in [0.4, 0.5) is 15.0 Å². The number of halogens is 1. The highest BCUT2D eigenvalue weighted by molar-refractivity contribution is 5.96. The maximum atomic E-state index is 13.1. The van der Waals surface area contributed by atoms with Crippen molar-refractivity contribution in [2.75, 3.05) is 5.32 Å². The van der Waals surface area contributed by atoms with Crippen LogP contribution in [0.15, 0.2) is 54.9 Å². The molecule has 0 spiro atoms. The summed E-state index contributed by atoms with van der Waals surface area (Å²) in [5, 5.41) is 18.3. The van der Waals surface area contributed by atoms with Gasteiger partial charge in [0.1, 0.15) is 17.7 Å². The quantitative estimate of drug-likeness (QED) is 0.606. The number of nitrogens with one attached hydrogen (secondary N) is 2. The summed E-state index contributed by atoms with van der Waals surface area (Å²) in [7, 11) is 1.67. The van der Waals surface area contributed by atoms with Crippen molar-refractivity contribution in [1.82, 2.24) is 20.1 Å². The van der Waals surface area contributed by atoms with Crippen LogP contribution in [0, 0.1) is 5.82 Å². The van der Waals surface area contributed by atoms with E-state index in [1.807, 2.05) is 0 Å². The summed E-state index contributed by atoms with van der Waals surface area (Å²) in [5.41, 5.74) is 2.09. The molecule has 8 nitrogen and oxygen atoms in total. The number of pyridine rings is 1. The number of hydrogen-bond donors (Lipinski definition) is 3. The van der Waals surface area contributed by atoms with E-state index in [9.17, 15) is 14.0 Å². The molecule has 144 valence electrons. The maximum absolute atomic E-state index is 13.1. The third-order valence-corrected chi connectivity index (χ3v) is 4.07. The number of benzene rings is 1. The van der Waals surface area contributed by atoms with Crippen molar-refractivity contribution >= 4 is 17.8 Å². The molecule has 0 saturated heterocycles. The Morgan fingerprint density at radius 1 is 1.18 bits per heavy atom. The van der Waals surface area contributed by atoms with Crippen LogP contribution in [0.3, 0.4) is 0 Å². The minimum absolute atomic E-state index is 0.0769. The summed E-state index contributed by atoms with van der Waals surface area (Å²) >= 11 is 0. The number of anilines is 1. The Kier molecular flexibility index (Phi) is 5.64. The van der Waals surface area contributed by atoms with E-state index in [2.05, 4.69) is 20.7 Å². The zero-order valence-corrected chi connectivity index (χ0v) is 15.0. The van der Waals surface area contributed by atoms with Gasteiger partial charge in [0.15, 0.2) is 0 Å². The van der Waals surface area contributed by atoms with Crippen LogP contribution < -0.4 is 10.6 Å². The van der Waals surface area contributed by atoms with E-state index < -0.39 is 23.9 Å². The number of aryl methyl sites for hydroxylation is 1. The van der Waals surface area contributed by atoms with E-state index in [1.54, 1.807) is 37.6 Å². The Labute approximate surface area is 160 Å². The average molecular weight is 383 g/mol. The van der Waals surface area contributed by atoms with Crippen LogP contribution in [-0.2, 0) is 18.3 Å². The van der Waals surface area contributed by atoms with Gasteiger partial charge in [-0.25, -0.2) is 9.18 Å². The number of carbonyl (C=O) groups is 2. The molecular weight excluding hydrogens is 365 g/mol. The molecule has 0 aliphatic carbocycles. The highest BCUT2D eigenvalue weighted by Crippen LogP contribution is 2.20. The standard InChI is InChI=1S/C19H18FN5O3/c1-25-17(11-15(24-25)13-6-8-21-9-7-13)23-18(26)16(22-19(27)28)10-12-2-4-14(20)5-3-12/h2-9,11,16,22H,10H2,1H3,(H,23,26)(H,27,28)/t16-/m0/s1. The van der Waals surface area contributed by atoms with Crippen LogP contribution in [0.5, 0.6) is 0 Å². The molecule has 28 heavy (non-hydrogen) atoms. The third kappa shape index (κ3) is 4.70. The Hall–Kier alpha value is -3.75. The molecule has 1 aromatic carbocycles. The van der Waals surface area contributed by atoms with E-state index >= 15 is 0 Å². The molecule has 0 aliphatic rings. The lowest BCUT2D eigenvalue weighted by atomic mass is 10.1. The Morgan fingerprint density at radius 3 is 2.50 bits per heavy atom. The average Bonchev–Trinajstić information content (AvgIpc) is 3.04. The molecule has 0 radical (unpaired) electrons. The molecule has 3 N–H and O–H groups in total. The first kappa shape index (κ1) is 19.0. The summed E-state index contributed by atoms with van der Waals surface area (Å²) in [4.78, 5) is 27.7. The highest BCUT2D eigenvalue weighted by atomic mass is 19.1. The number of carbonyl (C=O) groups excluding carboxylic acids is 1. The fraction of sp³-hybridized carbons (Fsp3) is 0.158. The van der Waals surface area contributed by atoms with Gasteiger partial charge in [0.05, 0.1) is 5.69 Å². The molecule has 1 atom stereocenters. The van der Waals surface area contributed by atoms with E-state index in [1.165, 1.54) is 28.9 Å². The van der Waals surface area contributed by atoms with Gasteiger partial charge in [-0.2, -0.15) is 5.10 Å². The van der Waals surface area contributed by atoms with Gasteiger partial charge >= 0.3 is 6.09 Å². The predicted octanol–water partition coefficient (Wildman–Crippen LogP) is 2.44. The first-order valence-electron chi connectivity index (χ1n) is 8.41. The van der Waals surface area contributed by atoms with Gasteiger partial charge in [-0.1, -0.05) is 12.1 Å². The monoisotopic (exact) mass is 383 g/mol. The first-order valence-corrected chi connectivity index (χ1v) is 8.41. The molecular formula is C19H18FN5O3. The molecule has 0 fully saturated rings. The fourth-order valence-electron chi connectivity index (χ4n) is 2.68. The second kappa shape index (κ2) is 8.30. The number of rotatable bonds is 6. The first-order chi connectivity index (χ1) is 13.4. The minimum atomic E-state index is -1.33. The van der Waals surface area contributed by atoms with E-state index in [4.69, 9.17) is 5.11 Å². The zero-order valence-electron chi connectivity index (χ0n) is 15.0. The summed E-state index contributed by atoms with van der Waals surface area (Å²) in [6.45, 7) is 0. The molecule has 0 aliphatic heterocycles. The van der Waals surface area contributed by atoms with E-state index in [0.29, 0.717) is 17.1 Å². The summed E-state index contributed by atoms with van der Waals surface area (Å²) in [5.74, 6) is -0.543. The molecule has 0 saturated carbocycles. The second-order valence-corrected chi connectivity index (χ2v) is 6.10. The number of carboxylic acid groups (broad SMARTS) is 1. The summed E-state index contributed by atoms with van der Waals surface area (Å²) < 4.78 is 14.6. The molecule has 3 rings (SSSR count). The van der Waals surface area contributed by atoms with Crippen molar-refractivity contribution < 1.29 is 19.1 Å². The Balaban J connectivity index is 1.77. The van der Waals surface area contributed by atoms with Crippen LogP contribution >= 0.6 is 0 Å². The van der Waals surface area contributed by atoms with Gasteiger partial charge in [-0.15, -0.1) is 0 Å². The van der Waals surface area contributed by atoms with Gasteiger partial charge in [0.25, 0.3) is 0 Å². The normalized spacial score (nSPS) is 11.6. The lowest BCUT2D eigenvalue weighted by Gasteiger charge is -2.17. The fourth-order valence-corrected chi connectivity index (χ4v) is 2.68. The van der Waals surface area contributed by atoms with E-state index in [-0.39, 0.29) is 6.42 Å². The molecule has 2 heterocycles. The van der Waals surface area contributed by atoms with Crippen LogP contribution in [0.1, 0.15) is 5.56 Å². The Bertz CT molecular complexity index is 973. The largest absolute Gasteiger partial charge is 0.465 e. The predicted molar refractivity (Wildman–Crippen MR) is 100 cm³/mol. The van der Waals surface area contributed by atoms with Gasteiger partial charge in [0, 0.05) is 37.5 Å². The van der Waals surface area contributed by atoms with Crippen molar-refractivity contribution in [3.8, 4) is 11.3 Å².